The molecule has 0 spiro atoms. The standard InChI is InChI=1S/C19H16ClN3OS2/c1-22-14-10-13(20)8-9-15(14)25-18(22)16-17(24)23(2)19(26-16)21-11-12-6-4-3-5-7-12/h3-10H,11H2,1-2H3/b18-16-,21-19?. The second-order valence-electron chi connectivity index (χ2n) is 5.96. The Kier molecular flexibility index (Phi) is 4.73. The molecule has 0 unspecified atom stereocenters. The van der Waals surface area contributed by atoms with Crippen molar-refractivity contribution < 1.29 is 4.79 Å². The highest BCUT2D eigenvalue weighted by Crippen LogP contribution is 2.50. The Balaban J connectivity index is 1.62. The molecule has 4 rings (SSSR count). The minimum Gasteiger partial charge on any atom is -0.337 e. The van der Waals surface area contributed by atoms with E-state index >= 15 is 0 Å². The largest absolute Gasteiger partial charge is 0.337 e. The maximum Gasteiger partial charge on any atom is 0.269 e. The molecule has 2 aliphatic heterocycles. The molecule has 2 aromatic carbocycles. The summed E-state index contributed by atoms with van der Waals surface area (Å²) < 4.78 is 0. The van der Waals surface area contributed by atoms with Crippen LogP contribution in [0.5, 0.6) is 0 Å². The molecule has 0 atom stereocenters. The summed E-state index contributed by atoms with van der Waals surface area (Å²) in [4.78, 5) is 22.9. The molecule has 0 bridgehead atoms. The van der Waals surface area contributed by atoms with Gasteiger partial charge in [-0.05, 0) is 35.5 Å². The van der Waals surface area contributed by atoms with Crippen molar-refractivity contribution in [2.75, 3.05) is 19.0 Å². The summed E-state index contributed by atoms with van der Waals surface area (Å²) in [5.74, 6) is -0.0185. The summed E-state index contributed by atoms with van der Waals surface area (Å²) >= 11 is 9.15. The number of hydrogen-bond acceptors (Lipinski definition) is 5. The number of carbonyl (C=O) groups is 1. The first kappa shape index (κ1) is 17.5. The molecule has 7 heteroatoms. The number of halogens is 1. The van der Waals surface area contributed by atoms with Crippen molar-refractivity contribution >= 4 is 51.9 Å². The van der Waals surface area contributed by atoms with Crippen molar-refractivity contribution in [3.8, 4) is 0 Å². The number of amides is 1. The lowest BCUT2D eigenvalue weighted by Gasteiger charge is -2.14. The van der Waals surface area contributed by atoms with Crippen molar-refractivity contribution in [1.82, 2.24) is 4.90 Å². The van der Waals surface area contributed by atoms with Crippen molar-refractivity contribution in [2.24, 2.45) is 4.99 Å². The first-order valence-electron chi connectivity index (χ1n) is 8.04. The fourth-order valence-electron chi connectivity index (χ4n) is 2.78. The highest BCUT2D eigenvalue weighted by Gasteiger charge is 2.37. The van der Waals surface area contributed by atoms with Crippen molar-refractivity contribution in [3.05, 3.63) is 69.1 Å². The monoisotopic (exact) mass is 401 g/mol. The first-order chi connectivity index (χ1) is 12.5. The summed E-state index contributed by atoms with van der Waals surface area (Å²) in [6.45, 7) is 0.558. The third-order valence-corrected chi connectivity index (χ3v) is 6.97. The lowest BCUT2D eigenvalue weighted by Crippen LogP contribution is -2.25. The molecule has 0 aromatic heterocycles. The van der Waals surface area contributed by atoms with Gasteiger partial charge in [0.15, 0.2) is 5.17 Å². The molecular formula is C19H16ClN3OS2. The Morgan fingerprint density at radius 1 is 1.04 bits per heavy atom. The SMILES string of the molecule is CN1C(=O)/C(=C2/Sc3ccc(Cl)cc3N2C)SC1=NCc1ccccc1. The number of carbonyl (C=O) groups excluding carboxylic acids is 1. The fourth-order valence-corrected chi connectivity index (χ4v) is 5.23. The van der Waals surface area contributed by atoms with E-state index in [9.17, 15) is 4.79 Å². The average Bonchev–Trinajstić information content (AvgIpc) is 3.12. The molecular weight excluding hydrogens is 386 g/mol. The lowest BCUT2D eigenvalue weighted by molar-refractivity contribution is -0.121. The van der Waals surface area contributed by atoms with Gasteiger partial charge in [0.2, 0.25) is 0 Å². The Hall–Kier alpha value is -1.89. The summed E-state index contributed by atoms with van der Waals surface area (Å²) in [5, 5.41) is 2.34. The highest BCUT2D eigenvalue weighted by atomic mass is 35.5. The molecule has 1 saturated heterocycles. The number of rotatable bonds is 2. The number of fused-ring (bicyclic) bond motifs is 1. The van der Waals surface area contributed by atoms with Crippen LogP contribution in [0.3, 0.4) is 0 Å². The van der Waals surface area contributed by atoms with Crippen LogP contribution >= 0.6 is 35.1 Å². The predicted molar refractivity (Wildman–Crippen MR) is 111 cm³/mol. The molecule has 132 valence electrons. The van der Waals surface area contributed by atoms with E-state index in [1.807, 2.05) is 60.5 Å². The molecule has 2 aliphatic rings. The molecule has 2 heterocycles. The van der Waals surface area contributed by atoms with Crippen molar-refractivity contribution in [2.45, 2.75) is 11.4 Å². The van der Waals surface area contributed by atoms with Crippen LogP contribution in [0, 0.1) is 0 Å². The quantitative estimate of drug-likeness (QED) is 0.676. The van der Waals surface area contributed by atoms with Gasteiger partial charge in [0.25, 0.3) is 5.91 Å². The Morgan fingerprint density at radius 3 is 2.58 bits per heavy atom. The highest BCUT2D eigenvalue weighted by molar-refractivity contribution is 8.19. The van der Waals surface area contributed by atoms with E-state index < -0.39 is 0 Å². The Bertz CT molecular complexity index is 943. The smallest absolute Gasteiger partial charge is 0.269 e. The van der Waals surface area contributed by atoms with Gasteiger partial charge in [-0.15, -0.1) is 0 Å². The van der Waals surface area contributed by atoms with Gasteiger partial charge in [-0.1, -0.05) is 53.7 Å². The fraction of sp³-hybridized carbons (Fsp3) is 0.158. The van der Waals surface area contributed by atoms with Crippen molar-refractivity contribution in [3.63, 3.8) is 0 Å². The van der Waals surface area contributed by atoms with Crippen LogP contribution in [0.4, 0.5) is 5.69 Å². The maximum atomic E-state index is 12.8. The Morgan fingerprint density at radius 2 is 1.81 bits per heavy atom. The molecule has 26 heavy (non-hydrogen) atoms. The van der Waals surface area contributed by atoms with Crippen molar-refractivity contribution in [1.29, 1.82) is 0 Å². The molecule has 0 N–H and O–H groups in total. The summed E-state index contributed by atoms with van der Waals surface area (Å²) in [6, 6.07) is 15.8. The van der Waals surface area contributed by atoms with Crippen LogP contribution in [0.15, 0.2) is 68.4 Å². The predicted octanol–water partition coefficient (Wildman–Crippen LogP) is 4.81. The van der Waals surface area contributed by atoms with E-state index in [0.717, 1.165) is 26.3 Å². The minimum atomic E-state index is -0.0185. The third kappa shape index (κ3) is 3.13. The normalized spacial score (nSPS) is 21.0. The number of aliphatic imine (C=N–C) groups is 1. The molecule has 4 nitrogen and oxygen atoms in total. The van der Waals surface area contributed by atoms with Gasteiger partial charge in [0.1, 0.15) is 4.91 Å². The number of benzene rings is 2. The van der Waals surface area contributed by atoms with Crippen LogP contribution in [-0.2, 0) is 11.3 Å². The van der Waals surface area contributed by atoms with Crippen LogP contribution in [0.2, 0.25) is 5.02 Å². The zero-order chi connectivity index (χ0) is 18.3. The zero-order valence-electron chi connectivity index (χ0n) is 14.3. The van der Waals surface area contributed by atoms with E-state index in [2.05, 4.69) is 4.99 Å². The molecule has 0 saturated carbocycles. The molecule has 2 aromatic rings. The molecule has 0 radical (unpaired) electrons. The van der Waals surface area contributed by atoms with E-state index in [4.69, 9.17) is 11.6 Å². The minimum absolute atomic E-state index is 0.0185. The molecule has 0 aliphatic carbocycles. The Labute approximate surface area is 165 Å². The number of thioether (sulfide) groups is 2. The second-order valence-corrected chi connectivity index (χ2v) is 8.40. The van der Waals surface area contributed by atoms with Gasteiger partial charge in [0, 0.05) is 24.0 Å². The number of likely N-dealkylation sites (N-methyl/N-ethyl adjacent to an activating group) is 1. The molecule has 1 fully saturated rings. The zero-order valence-corrected chi connectivity index (χ0v) is 16.7. The van der Waals surface area contributed by atoms with Crippen LogP contribution in [0.25, 0.3) is 0 Å². The van der Waals surface area contributed by atoms with Gasteiger partial charge < -0.3 is 4.90 Å². The maximum absolute atomic E-state index is 12.8. The van der Waals surface area contributed by atoms with Gasteiger partial charge in [-0.3, -0.25) is 14.7 Å². The van der Waals surface area contributed by atoms with E-state index in [-0.39, 0.29) is 5.91 Å². The second kappa shape index (κ2) is 7.02. The van der Waals surface area contributed by atoms with E-state index in [1.54, 1.807) is 23.7 Å². The van der Waals surface area contributed by atoms with E-state index in [0.29, 0.717) is 16.5 Å². The third-order valence-electron chi connectivity index (χ3n) is 4.21. The van der Waals surface area contributed by atoms with Gasteiger partial charge in [-0.25, -0.2) is 0 Å². The lowest BCUT2D eigenvalue weighted by atomic mass is 10.2. The summed E-state index contributed by atoms with van der Waals surface area (Å²) in [7, 11) is 3.74. The first-order valence-corrected chi connectivity index (χ1v) is 10.1. The number of anilines is 1. The number of amidine groups is 1. The van der Waals surface area contributed by atoms with E-state index in [1.165, 1.54) is 11.8 Å². The van der Waals surface area contributed by atoms with Gasteiger partial charge >= 0.3 is 0 Å². The van der Waals surface area contributed by atoms with Crippen LogP contribution in [-0.4, -0.2) is 30.1 Å². The average molecular weight is 402 g/mol. The van der Waals surface area contributed by atoms with Gasteiger partial charge in [0.05, 0.1) is 17.3 Å². The molecule has 1 amide bonds. The summed E-state index contributed by atoms with van der Waals surface area (Å²) in [5.41, 5.74) is 2.15. The summed E-state index contributed by atoms with van der Waals surface area (Å²) in [6.07, 6.45) is 0. The van der Waals surface area contributed by atoms with Crippen LogP contribution in [0.1, 0.15) is 5.56 Å². The number of nitrogens with zero attached hydrogens (tertiary/aromatic N) is 3. The van der Waals surface area contributed by atoms with Gasteiger partial charge in [-0.2, -0.15) is 0 Å². The number of hydrogen-bond donors (Lipinski definition) is 0. The van der Waals surface area contributed by atoms with Crippen LogP contribution < -0.4 is 4.90 Å². The topological polar surface area (TPSA) is 35.9 Å².